The third-order valence-corrected chi connectivity index (χ3v) is 4.07. The number of anilines is 1. The van der Waals surface area contributed by atoms with Crippen molar-refractivity contribution in [2.45, 2.75) is 0 Å². The molecule has 152 valence electrons. The number of amides is 2. The molecule has 0 aliphatic rings. The minimum atomic E-state index is -0.799. The molecule has 0 saturated heterocycles. The number of hydrogen-bond donors (Lipinski definition) is 2. The third-order valence-electron chi connectivity index (χ3n) is 3.65. The maximum absolute atomic E-state index is 12.5. The smallest absolute Gasteiger partial charge is 0.340 e. The zero-order chi connectivity index (χ0) is 21.5. The Labute approximate surface area is 180 Å². The van der Waals surface area contributed by atoms with Crippen LogP contribution in [-0.2, 0) is 4.74 Å². The molecule has 0 spiro atoms. The van der Waals surface area contributed by atoms with E-state index in [9.17, 15) is 14.4 Å². The maximum Gasteiger partial charge on any atom is 0.340 e. The van der Waals surface area contributed by atoms with Crippen LogP contribution < -0.4 is 10.6 Å². The molecule has 0 saturated carbocycles. The van der Waals surface area contributed by atoms with E-state index in [1.54, 1.807) is 18.2 Å². The highest BCUT2D eigenvalue weighted by atomic mass is 35.5. The van der Waals surface area contributed by atoms with Crippen molar-refractivity contribution in [1.82, 2.24) is 20.3 Å². The van der Waals surface area contributed by atoms with E-state index in [2.05, 4.69) is 25.6 Å². The second-order valence-electron chi connectivity index (χ2n) is 5.67. The molecule has 0 atom stereocenters. The first-order valence-electron chi connectivity index (χ1n) is 8.39. The molecule has 1 aromatic carbocycles. The summed E-state index contributed by atoms with van der Waals surface area (Å²) < 4.78 is 5.04. The van der Waals surface area contributed by atoms with Crippen molar-refractivity contribution in [1.29, 1.82) is 0 Å². The number of ether oxygens (including phenoxy) is 1. The predicted octanol–water partition coefficient (Wildman–Crippen LogP) is 2.98. The molecule has 0 bridgehead atoms. The lowest BCUT2D eigenvalue weighted by molar-refractivity contribution is 0.0460. The van der Waals surface area contributed by atoms with Crippen molar-refractivity contribution < 1.29 is 19.1 Å². The lowest BCUT2D eigenvalue weighted by atomic mass is 10.1. The zero-order valence-electron chi connectivity index (χ0n) is 15.1. The Morgan fingerprint density at radius 1 is 0.867 bits per heavy atom. The number of benzene rings is 1. The molecule has 0 aliphatic carbocycles. The number of esters is 1. The predicted molar refractivity (Wildman–Crippen MR) is 108 cm³/mol. The average molecular weight is 446 g/mol. The highest BCUT2D eigenvalue weighted by Crippen LogP contribution is 2.14. The maximum atomic E-state index is 12.5. The molecule has 30 heavy (non-hydrogen) atoms. The molecule has 2 amide bonds. The first kappa shape index (κ1) is 21.2. The van der Waals surface area contributed by atoms with Crippen LogP contribution in [0.4, 0.5) is 5.82 Å². The Morgan fingerprint density at radius 2 is 1.63 bits per heavy atom. The van der Waals surface area contributed by atoms with Gasteiger partial charge in [-0.2, -0.15) is 0 Å². The second-order valence-corrected chi connectivity index (χ2v) is 6.49. The van der Waals surface area contributed by atoms with E-state index < -0.39 is 24.5 Å². The van der Waals surface area contributed by atoms with Crippen LogP contribution in [-0.4, -0.2) is 39.5 Å². The Bertz CT molecular complexity index is 1080. The summed E-state index contributed by atoms with van der Waals surface area (Å²) in [5.41, 5.74) is 0.101. The van der Waals surface area contributed by atoms with Gasteiger partial charge in [0.1, 0.15) is 16.7 Å². The Hall–Kier alpha value is -3.56. The zero-order valence-corrected chi connectivity index (χ0v) is 16.6. The minimum Gasteiger partial charge on any atom is -0.441 e. The largest absolute Gasteiger partial charge is 0.441 e. The normalized spacial score (nSPS) is 10.2. The van der Waals surface area contributed by atoms with Crippen LogP contribution in [0.3, 0.4) is 0 Å². The number of nitrogens with one attached hydrogen (secondary N) is 2. The summed E-state index contributed by atoms with van der Waals surface area (Å²) >= 11 is 11.4. The first-order valence-corrected chi connectivity index (χ1v) is 9.14. The summed E-state index contributed by atoms with van der Waals surface area (Å²) in [6.07, 6.45) is 3.78. The highest BCUT2D eigenvalue weighted by molar-refractivity contribution is 6.30. The van der Waals surface area contributed by atoms with E-state index in [0.717, 1.165) is 0 Å². The van der Waals surface area contributed by atoms with Gasteiger partial charge in [-0.25, -0.2) is 19.7 Å². The fourth-order valence-electron chi connectivity index (χ4n) is 2.26. The molecule has 2 heterocycles. The number of carbonyl (C=O) groups is 3. The van der Waals surface area contributed by atoms with Crippen LogP contribution in [0.2, 0.25) is 10.2 Å². The lowest BCUT2D eigenvalue weighted by Crippen LogP contribution is -2.29. The van der Waals surface area contributed by atoms with Crippen molar-refractivity contribution in [3.8, 4) is 0 Å². The van der Waals surface area contributed by atoms with E-state index >= 15 is 0 Å². The molecule has 3 aromatic rings. The van der Waals surface area contributed by atoms with Gasteiger partial charge < -0.3 is 15.4 Å². The van der Waals surface area contributed by atoms with Gasteiger partial charge in [-0.1, -0.05) is 35.3 Å². The summed E-state index contributed by atoms with van der Waals surface area (Å²) in [6, 6.07) is 9.16. The molecule has 3 rings (SSSR count). The van der Waals surface area contributed by atoms with Gasteiger partial charge in [-0.05, 0) is 24.3 Å². The SMILES string of the molecule is O=C(NCOC(=O)c1ccccc1C(=O)Nc1ccc(Cl)cn1)c1cnc(Cl)cn1. The Balaban J connectivity index is 1.62. The van der Waals surface area contributed by atoms with E-state index in [0.29, 0.717) is 5.02 Å². The van der Waals surface area contributed by atoms with Gasteiger partial charge in [0.05, 0.1) is 28.5 Å². The number of rotatable bonds is 6. The van der Waals surface area contributed by atoms with E-state index in [1.807, 2.05) is 0 Å². The van der Waals surface area contributed by atoms with Crippen LogP contribution in [0.15, 0.2) is 55.0 Å². The fraction of sp³-hybridized carbons (Fsp3) is 0.0526. The second kappa shape index (κ2) is 9.77. The summed E-state index contributed by atoms with van der Waals surface area (Å²) in [7, 11) is 0. The van der Waals surface area contributed by atoms with Gasteiger partial charge in [-0.3, -0.25) is 9.59 Å². The molecule has 2 aromatic heterocycles. The topological polar surface area (TPSA) is 123 Å². The van der Waals surface area contributed by atoms with Crippen LogP contribution in [0.25, 0.3) is 0 Å². The van der Waals surface area contributed by atoms with Gasteiger partial charge in [0, 0.05) is 6.20 Å². The van der Waals surface area contributed by atoms with Gasteiger partial charge in [-0.15, -0.1) is 0 Å². The fourth-order valence-corrected chi connectivity index (χ4v) is 2.47. The number of nitrogens with zero attached hydrogens (tertiary/aromatic N) is 3. The Morgan fingerprint density at radius 3 is 2.30 bits per heavy atom. The number of aromatic nitrogens is 3. The standard InChI is InChI=1S/C19H13Cl2N5O4/c20-11-5-6-16(24-7-11)26-17(27)12-3-1-2-4-13(12)19(29)30-10-25-18(28)14-8-23-15(21)9-22-14/h1-9H,10H2,(H,25,28)(H,24,26,27). The molecule has 11 heteroatoms. The van der Waals surface area contributed by atoms with Crippen molar-refractivity contribution in [3.05, 3.63) is 82.0 Å². The minimum absolute atomic E-state index is 0.00527. The molecule has 0 aliphatic heterocycles. The van der Waals surface area contributed by atoms with Gasteiger partial charge in [0.2, 0.25) is 0 Å². The molecule has 2 N–H and O–H groups in total. The molecule has 9 nitrogen and oxygen atoms in total. The highest BCUT2D eigenvalue weighted by Gasteiger charge is 2.19. The Kier molecular flexibility index (Phi) is 6.89. The summed E-state index contributed by atoms with van der Waals surface area (Å²) in [6.45, 7) is -0.434. The number of halogens is 2. The number of pyridine rings is 1. The lowest BCUT2D eigenvalue weighted by Gasteiger charge is -2.10. The number of carbonyl (C=O) groups excluding carboxylic acids is 3. The van der Waals surface area contributed by atoms with Crippen molar-refractivity contribution in [3.63, 3.8) is 0 Å². The van der Waals surface area contributed by atoms with Crippen LogP contribution in [0.5, 0.6) is 0 Å². The van der Waals surface area contributed by atoms with Crippen molar-refractivity contribution in [2.24, 2.45) is 0 Å². The molecular weight excluding hydrogens is 433 g/mol. The average Bonchev–Trinajstić information content (AvgIpc) is 2.75. The summed E-state index contributed by atoms with van der Waals surface area (Å²) in [4.78, 5) is 48.4. The monoisotopic (exact) mass is 445 g/mol. The van der Waals surface area contributed by atoms with Crippen LogP contribution >= 0.6 is 23.2 Å². The van der Waals surface area contributed by atoms with Gasteiger partial charge in [0.25, 0.3) is 11.8 Å². The van der Waals surface area contributed by atoms with Crippen molar-refractivity contribution >= 4 is 46.8 Å². The van der Waals surface area contributed by atoms with Gasteiger partial charge in [0.15, 0.2) is 6.73 Å². The first-order chi connectivity index (χ1) is 14.4. The summed E-state index contributed by atoms with van der Waals surface area (Å²) in [5, 5.41) is 5.49. The molecule has 0 fully saturated rings. The van der Waals surface area contributed by atoms with E-state index in [1.165, 1.54) is 36.8 Å². The van der Waals surface area contributed by atoms with E-state index in [4.69, 9.17) is 27.9 Å². The van der Waals surface area contributed by atoms with Crippen LogP contribution in [0.1, 0.15) is 31.2 Å². The van der Waals surface area contributed by atoms with E-state index in [-0.39, 0.29) is 27.8 Å². The third kappa shape index (κ3) is 5.49. The molecule has 0 radical (unpaired) electrons. The van der Waals surface area contributed by atoms with Gasteiger partial charge >= 0.3 is 5.97 Å². The molecular formula is C19H13Cl2N5O4. The number of hydrogen-bond acceptors (Lipinski definition) is 7. The summed E-state index contributed by atoms with van der Waals surface area (Å²) in [5.74, 6) is -1.69. The van der Waals surface area contributed by atoms with Crippen LogP contribution in [0, 0.1) is 0 Å². The molecule has 0 unspecified atom stereocenters. The van der Waals surface area contributed by atoms with Crippen molar-refractivity contribution in [2.75, 3.05) is 12.0 Å². The quantitative estimate of drug-likeness (QED) is 0.441.